The van der Waals surface area contributed by atoms with Crippen LogP contribution in [0.15, 0.2) is 18.3 Å². The van der Waals surface area contributed by atoms with Crippen LogP contribution in [0.2, 0.25) is 0 Å². The Balaban J connectivity index is 1.47. The Labute approximate surface area is 141 Å². The maximum atomic E-state index is 8.97. The molecule has 122 valence electrons. The van der Waals surface area contributed by atoms with Crippen LogP contribution in [0.5, 0.6) is 0 Å². The lowest BCUT2D eigenvalue weighted by molar-refractivity contribution is 0.632. The van der Waals surface area contributed by atoms with Gasteiger partial charge in [0.25, 0.3) is 0 Å². The van der Waals surface area contributed by atoms with E-state index in [9.17, 15) is 0 Å². The number of anilines is 2. The predicted octanol–water partition coefficient (Wildman–Crippen LogP) is 1.65. The molecule has 2 aromatic rings. The van der Waals surface area contributed by atoms with Gasteiger partial charge in [0.05, 0.1) is 0 Å². The SMILES string of the molecule is Cc1nc(C2CC2)cc(N2CCN(c3nccc(C#N)n3)CC2)n1. The van der Waals surface area contributed by atoms with Crippen LogP contribution in [-0.2, 0) is 0 Å². The summed E-state index contributed by atoms with van der Waals surface area (Å²) < 4.78 is 0. The quantitative estimate of drug-likeness (QED) is 0.850. The lowest BCUT2D eigenvalue weighted by Crippen LogP contribution is -2.47. The molecule has 2 aromatic heterocycles. The maximum Gasteiger partial charge on any atom is 0.226 e. The third-order valence-corrected chi connectivity index (χ3v) is 4.48. The van der Waals surface area contributed by atoms with E-state index in [4.69, 9.17) is 5.26 Å². The molecule has 0 radical (unpaired) electrons. The molecule has 3 heterocycles. The van der Waals surface area contributed by atoms with Crippen molar-refractivity contribution in [3.63, 3.8) is 0 Å². The standard InChI is InChI=1S/C17H19N7/c1-12-20-15(13-2-3-13)10-16(21-12)23-6-8-24(9-7-23)17-19-5-4-14(11-18)22-17/h4-5,10,13H,2-3,6-9H2,1H3. The number of nitrogens with zero attached hydrogens (tertiary/aromatic N) is 7. The zero-order chi connectivity index (χ0) is 16.5. The summed E-state index contributed by atoms with van der Waals surface area (Å²) in [6, 6.07) is 5.84. The monoisotopic (exact) mass is 321 g/mol. The molecule has 0 unspecified atom stereocenters. The van der Waals surface area contributed by atoms with E-state index in [-0.39, 0.29) is 0 Å². The molecule has 1 aliphatic heterocycles. The molecule has 0 amide bonds. The van der Waals surface area contributed by atoms with E-state index in [0.29, 0.717) is 17.6 Å². The molecule has 7 nitrogen and oxygen atoms in total. The van der Waals surface area contributed by atoms with Gasteiger partial charge in [0.1, 0.15) is 23.4 Å². The van der Waals surface area contributed by atoms with E-state index in [1.165, 1.54) is 18.5 Å². The highest BCUT2D eigenvalue weighted by molar-refractivity contribution is 5.44. The minimum atomic E-state index is 0.405. The van der Waals surface area contributed by atoms with Gasteiger partial charge < -0.3 is 9.80 Å². The summed E-state index contributed by atoms with van der Waals surface area (Å²) in [6.07, 6.45) is 4.13. The molecule has 2 aliphatic rings. The summed E-state index contributed by atoms with van der Waals surface area (Å²) in [4.78, 5) is 22.2. The molecule has 1 saturated carbocycles. The molecular weight excluding hydrogens is 302 g/mol. The van der Waals surface area contributed by atoms with Crippen LogP contribution in [0.25, 0.3) is 0 Å². The number of aryl methyl sites for hydroxylation is 1. The molecule has 1 saturated heterocycles. The minimum absolute atomic E-state index is 0.405. The van der Waals surface area contributed by atoms with E-state index >= 15 is 0 Å². The predicted molar refractivity (Wildman–Crippen MR) is 89.9 cm³/mol. The highest BCUT2D eigenvalue weighted by Gasteiger charge is 2.27. The Morgan fingerprint density at radius 1 is 1.08 bits per heavy atom. The van der Waals surface area contributed by atoms with E-state index in [1.54, 1.807) is 12.3 Å². The summed E-state index contributed by atoms with van der Waals surface area (Å²) in [7, 11) is 0. The van der Waals surface area contributed by atoms with E-state index in [1.807, 2.05) is 6.92 Å². The van der Waals surface area contributed by atoms with Crippen molar-refractivity contribution in [2.45, 2.75) is 25.7 Å². The molecule has 0 aromatic carbocycles. The highest BCUT2D eigenvalue weighted by Crippen LogP contribution is 2.39. The molecule has 0 spiro atoms. The fourth-order valence-corrected chi connectivity index (χ4v) is 3.02. The molecule has 7 heteroatoms. The van der Waals surface area contributed by atoms with Gasteiger partial charge in [-0.15, -0.1) is 0 Å². The van der Waals surface area contributed by atoms with Gasteiger partial charge in [0.15, 0.2) is 0 Å². The zero-order valence-electron chi connectivity index (χ0n) is 13.7. The van der Waals surface area contributed by atoms with E-state index in [0.717, 1.165) is 37.8 Å². The lowest BCUT2D eigenvalue weighted by Gasteiger charge is -2.35. The second-order valence-corrected chi connectivity index (χ2v) is 6.30. The van der Waals surface area contributed by atoms with Crippen molar-refractivity contribution >= 4 is 11.8 Å². The van der Waals surface area contributed by atoms with Gasteiger partial charge in [-0.05, 0) is 25.8 Å². The van der Waals surface area contributed by atoms with Gasteiger partial charge in [0.2, 0.25) is 5.95 Å². The Morgan fingerprint density at radius 3 is 2.54 bits per heavy atom. The molecule has 0 N–H and O–H groups in total. The first kappa shape index (κ1) is 14.8. The molecular formula is C17H19N7. The van der Waals surface area contributed by atoms with Gasteiger partial charge in [-0.3, -0.25) is 0 Å². The molecule has 0 atom stereocenters. The first-order valence-corrected chi connectivity index (χ1v) is 8.31. The van der Waals surface area contributed by atoms with Gasteiger partial charge >= 0.3 is 0 Å². The van der Waals surface area contributed by atoms with Crippen LogP contribution >= 0.6 is 0 Å². The van der Waals surface area contributed by atoms with Crippen LogP contribution in [0.1, 0.15) is 36.0 Å². The topological polar surface area (TPSA) is 81.8 Å². The number of hydrogen-bond donors (Lipinski definition) is 0. The summed E-state index contributed by atoms with van der Waals surface area (Å²) >= 11 is 0. The lowest BCUT2D eigenvalue weighted by atomic mass is 10.2. The fraction of sp³-hybridized carbons (Fsp3) is 0.471. The molecule has 0 bridgehead atoms. The summed E-state index contributed by atoms with van der Waals surface area (Å²) in [5.41, 5.74) is 1.59. The van der Waals surface area contributed by atoms with Crippen LogP contribution in [0, 0.1) is 18.3 Å². The molecule has 1 aliphatic carbocycles. The van der Waals surface area contributed by atoms with Crippen molar-refractivity contribution in [2.75, 3.05) is 36.0 Å². The van der Waals surface area contributed by atoms with Crippen molar-refractivity contribution in [2.24, 2.45) is 0 Å². The van der Waals surface area contributed by atoms with Gasteiger partial charge in [-0.2, -0.15) is 5.26 Å². The summed E-state index contributed by atoms with van der Waals surface area (Å²) in [6.45, 7) is 5.32. The van der Waals surface area contributed by atoms with Gasteiger partial charge in [-0.25, -0.2) is 19.9 Å². The van der Waals surface area contributed by atoms with Crippen molar-refractivity contribution in [1.82, 2.24) is 19.9 Å². The first-order valence-electron chi connectivity index (χ1n) is 8.31. The van der Waals surface area contributed by atoms with Crippen molar-refractivity contribution in [3.8, 4) is 6.07 Å². The number of piperazine rings is 1. The van der Waals surface area contributed by atoms with Crippen LogP contribution in [0.4, 0.5) is 11.8 Å². The fourth-order valence-electron chi connectivity index (χ4n) is 3.02. The highest BCUT2D eigenvalue weighted by atomic mass is 15.3. The van der Waals surface area contributed by atoms with E-state index in [2.05, 4.69) is 41.9 Å². The molecule has 2 fully saturated rings. The number of nitriles is 1. The van der Waals surface area contributed by atoms with Crippen LogP contribution in [0.3, 0.4) is 0 Å². The number of aromatic nitrogens is 4. The van der Waals surface area contributed by atoms with Crippen molar-refractivity contribution in [1.29, 1.82) is 5.26 Å². The number of hydrogen-bond acceptors (Lipinski definition) is 7. The first-order chi connectivity index (χ1) is 11.7. The maximum absolute atomic E-state index is 8.97. The third-order valence-electron chi connectivity index (χ3n) is 4.48. The minimum Gasteiger partial charge on any atom is -0.353 e. The van der Waals surface area contributed by atoms with Crippen LogP contribution in [-0.4, -0.2) is 46.1 Å². The Bertz CT molecular complexity index is 786. The molecule has 24 heavy (non-hydrogen) atoms. The average molecular weight is 321 g/mol. The zero-order valence-corrected chi connectivity index (χ0v) is 13.7. The normalized spacial score (nSPS) is 17.7. The van der Waals surface area contributed by atoms with Crippen LogP contribution < -0.4 is 9.80 Å². The second kappa shape index (κ2) is 6.04. The average Bonchev–Trinajstić information content (AvgIpc) is 3.47. The third kappa shape index (κ3) is 3.00. The largest absolute Gasteiger partial charge is 0.353 e. The van der Waals surface area contributed by atoms with E-state index < -0.39 is 0 Å². The smallest absolute Gasteiger partial charge is 0.226 e. The Hall–Kier alpha value is -2.75. The number of rotatable bonds is 3. The van der Waals surface area contributed by atoms with Crippen molar-refractivity contribution < 1.29 is 0 Å². The Morgan fingerprint density at radius 2 is 1.83 bits per heavy atom. The summed E-state index contributed by atoms with van der Waals surface area (Å²) in [5, 5.41) is 8.97. The van der Waals surface area contributed by atoms with Gasteiger partial charge in [0, 0.05) is 50.1 Å². The summed E-state index contributed by atoms with van der Waals surface area (Å²) in [5.74, 6) is 3.14. The Kier molecular flexibility index (Phi) is 3.73. The van der Waals surface area contributed by atoms with Gasteiger partial charge in [-0.1, -0.05) is 0 Å². The second-order valence-electron chi connectivity index (χ2n) is 6.30. The van der Waals surface area contributed by atoms with Crippen molar-refractivity contribution in [3.05, 3.63) is 35.5 Å². The molecule has 4 rings (SSSR count).